The van der Waals surface area contributed by atoms with Gasteiger partial charge in [-0.2, -0.15) is 0 Å². The Balaban J connectivity index is 1.57. The van der Waals surface area contributed by atoms with E-state index in [2.05, 4.69) is 32.0 Å². The van der Waals surface area contributed by atoms with Crippen molar-refractivity contribution >= 4 is 11.6 Å². The average molecular weight is 313 g/mol. The molecule has 1 aliphatic heterocycles. The predicted molar refractivity (Wildman–Crippen MR) is 90.9 cm³/mol. The summed E-state index contributed by atoms with van der Waals surface area (Å²) in [5.74, 6) is 1.92. The Morgan fingerprint density at radius 2 is 2.17 bits per heavy atom. The highest BCUT2D eigenvalue weighted by Crippen LogP contribution is 2.18. The molecule has 122 valence electrons. The first kappa shape index (κ1) is 15.7. The van der Waals surface area contributed by atoms with Crippen LogP contribution in [0.1, 0.15) is 12.0 Å². The van der Waals surface area contributed by atoms with E-state index >= 15 is 0 Å². The van der Waals surface area contributed by atoms with Crippen LogP contribution in [0, 0.1) is 0 Å². The standard InChI is InChI=1S/C17H23N5O/c1-21(2)16-11-14(5-6-19-16)3-4-15-13-22(9-10-23-15)17-12-18-7-8-20-17/h5-8,11-12,15H,3-4,9-10,13H2,1-2H3/t15-/m1/s1. The lowest BCUT2D eigenvalue weighted by molar-refractivity contribution is 0.0352. The number of aryl methyl sites for hydroxylation is 1. The van der Waals surface area contributed by atoms with Crippen LogP contribution >= 0.6 is 0 Å². The molecule has 0 aliphatic carbocycles. The van der Waals surface area contributed by atoms with Gasteiger partial charge in [-0.3, -0.25) is 4.98 Å². The van der Waals surface area contributed by atoms with E-state index in [0.29, 0.717) is 0 Å². The molecule has 0 radical (unpaired) electrons. The molecule has 1 aliphatic rings. The Bertz CT molecular complexity index is 619. The quantitative estimate of drug-likeness (QED) is 0.838. The van der Waals surface area contributed by atoms with Gasteiger partial charge in [0.1, 0.15) is 11.6 Å². The lowest BCUT2D eigenvalue weighted by Crippen LogP contribution is -2.43. The van der Waals surface area contributed by atoms with Gasteiger partial charge >= 0.3 is 0 Å². The SMILES string of the molecule is CN(C)c1cc(CC[C@@H]2CN(c3cnccn3)CCO2)ccn1. The van der Waals surface area contributed by atoms with Crippen molar-refractivity contribution in [3.8, 4) is 0 Å². The molecule has 0 aromatic carbocycles. The van der Waals surface area contributed by atoms with Gasteiger partial charge in [-0.25, -0.2) is 9.97 Å². The summed E-state index contributed by atoms with van der Waals surface area (Å²) in [6.45, 7) is 2.47. The number of pyridine rings is 1. The Kier molecular flexibility index (Phi) is 5.02. The fourth-order valence-corrected chi connectivity index (χ4v) is 2.74. The summed E-state index contributed by atoms with van der Waals surface area (Å²) in [7, 11) is 4.02. The average Bonchev–Trinajstić information content (AvgIpc) is 2.61. The summed E-state index contributed by atoms with van der Waals surface area (Å²) in [5.41, 5.74) is 1.30. The monoisotopic (exact) mass is 313 g/mol. The Morgan fingerprint density at radius 3 is 2.96 bits per heavy atom. The van der Waals surface area contributed by atoms with Crippen molar-refractivity contribution in [3.05, 3.63) is 42.5 Å². The lowest BCUT2D eigenvalue weighted by Gasteiger charge is -2.33. The molecule has 0 unspecified atom stereocenters. The Hall–Kier alpha value is -2.21. The second-order valence-corrected chi connectivity index (χ2v) is 5.96. The molecule has 0 N–H and O–H groups in total. The number of aromatic nitrogens is 3. The van der Waals surface area contributed by atoms with Gasteiger partial charge in [-0.1, -0.05) is 0 Å². The highest BCUT2D eigenvalue weighted by Gasteiger charge is 2.21. The van der Waals surface area contributed by atoms with Crippen LogP contribution in [0.4, 0.5) is 11.6 Å². The molecule has 6 nitrogen and oxygen atoms in total. The first-order valence-corrected chi connectivity index (χ1v) is 7.97. The molecule has 1 atom stereocenters. The van der Waals surface area contributed by atoms with E-state index in [-0.39, 0.29) is 6.10 Å². The van der Waals surface area contributed by atoms with Crippen LogP contribution in [0.15, 0.2) is 36.9 Å². The van der Waals surface area contributed by atoms with Crippen LogP contribution < -0.4 is 9.80 Å². The second kappa shape index (κ2) is 7.37. The maximum absolute atomic E-state index is 5.91. The van der Waals surface area contributed by atoms with Gasteiger partial charge in [-0.05, 0) is 30.5 Å². The van der Waals surface area contributed by atoms with Gasteiger partial charge < -0.3 is 14.5 Å². The van der Waals surface area contributed by atoms with E-state index in [9.17, 15) is 0 Å². The Labute approximate surface area is 137 Å². The van der Waals surface area contributed by atoms with Crippen molar-refractivity contribution < 1.29 is 4.74 Å². The third-order valence-corrected chi connectivity index (χ3v) is 4.04. The lowest BCUT2D eigenvalue weighted by atomic mass is 10.1. The summed E-state index contributed by atoms with van der Waals surface area (Å²) in [4.78, 5) is 17.2. The van der Waals surface area contributed by atoms with E-state index in [4.69, 9.17) is 4.74 Å². The third-order valence-electron chi connectivity index (χ3n) is 4.04. The van der Waals surface area contributed by atoms with Gasteiger partial charge in [-0.15, -0.1) is 0 Å². The minimum Gasteiger partial charge on any atom is -0.375 e. The van der Waals surface area contributed by atoms with Crippen molar-refractivity contribution in [3.63, 3.8) is 0 Å². The largest absolute Gasteiger partial charge is 0.375 e. The summed E-state index contributed by atoms with van der Waals surface area (Å²) in [5, 5.41) is 0. The van der Waals surface area contributed by atoms with Gasteiger partial charge in [0.2, 0.25) is 0 Å². The Morgan fingerprint density at radius 1 is 1.26 bits per heavy atom. The summed E-state index contributed by atoms with van der Waals surface area (Å²) in [6.07, 6.45) is 9.33. The minimum atomic E-state index is 0.224. The van der Waals surface area contributed by atoms with Crippen LogP contribution in [-0.4, -0.2) is 54.8 Å². The maximum Gasteiger partial charge on any atom is 0.147 e. The summed E-state index contributed by atoms with van der Waals surface area (Å²) >= 11 is 0. The van der Waals surface area contributed by atoms with Crippen molar-refractivity contribution in [2.75, 3.05) is 43.6 Å². The molecular formula is C17H23N5O. The van der Waals surface area contributed by atoms with Gasteiger partial charge in [0.15, 0.2) is 0 Å². The summed E-state index contributed by atoms with van der Waals surface area (Å²) in [6, 6.07) is 4.22. The third kappa shape index (κ3) is 4.16. The molecule has 23 heavy (non-hydrogen) atoms. The fourth-order valence-electron chi connectivity index (χ4n) is 2.74. The first-order chi connectivity index (χ1) is 11.2. The van der Waals surface area contributed by atoms with Gasteiger partial charge in [0.05, 0.1) is 18.9 Å². The maximum atomic E-state index is 5.91. The van der Waals surface area contributed by atoms with Gasteiger partial charge in [0, 0.05) is 45.8 Å². The van der Waals surface area contributed by atoms with E-state index in [1.807, 2.05) is 31.4 Å². The molecule has 0 spiro atoms. The van der Waals surface area contributed by atoms with Crippen LogP contribution in [0.2, 0.25) is 0 Å². The smallest absolute Gasteiger partial charge is 0.147 e. The van der Waals surface area contributed by atoms with Crippen molar-refractivity contribution in [2.45, 2.75) is 18.9 Å². The summed E-state index contributed by atoms with van der Waals surface area (Å²) < 4.78 is 5.91. The van der Waals surface area contributed by atoms with E-state index < -0.39 is 0 Å². The topological polar surface area (TPSA) is 54.4 Å². The van der Waals surface area contributed by atoms with E-state index in [1.165, 1.54) is 5.56 Å². The van der Waals surface area contributed by atoms with Crippen LogP contribution in [0.3, 0.4) is 0 Å². The molecule has 0 bridgehead atoms. The predicted octanol–water partition coefficient (Wildman–Crippen LogP) is 1.78. The zero-order valence-corrected chi connectivity index (χ0v) is 13.7. The zero-order valence-electron chi connectivity index (χ0n) is 13.7. The molecule has 6 heteroatoms. The van der Waals surface area contributed by atoms with Crippen molar-refractivity contribution in [1.82, 2.24) is 15.0 Å². The van der Waals surface area contributed by atoms with E-state index in [1.54, 1.807) is 12.4 Å². The number of rotatable bonds is 5. The molecule has 1 saturated heterocycles. The number of ether oxygens (including phenoxy) is 1. The van der Waals surface area contributed by atoms with Crippen LogP contribution in [0.5, 0.6) is 0 Å². The van der Waals surface area contributed by atoms with Crippen LogP contribution in [0.25, 0.3) is 0 Å². The molecule has 2 aromatic heterocycles. The van der Waals surface area contributed by atoms with Crippen LogP contribution in [-0.2, 0) is 11.2 Å². The van der Waals surface area contributed by atoms with Gasteiger partial charge in [0.25, 0.3) is 0 Å². The molecular weight excluding hydrogens is 290 g/mol. The molecule has 3 heterocycles. The number of morpholine rings is 1. The zero-order chi connectivity index (χ0) is 16.1. The second-order valence-electron chi connectivity index (χ2n) is 5.96. The molecule has 2 aromatic rings. The number of nitrogens with zero attached hydrogens (tertiary/aromatic N) is 5. The van der Waals surface area contributed by atoms with Crippen molar-refractivity contribution in [1.29, 1.82) is 0 Å². The molecule has 0 amide bonds. The normalized spacial score (nSPS) is 18.0. The fraction of sp³-hybridized carbons (Fsp3) is 0.471. The molecule has 3 rings (SSSR count). The molecule has 1 fully saturated rings. The van der Waals surface area contributed by atoms with Crippen molar-refractivity contribution in [2.24, 2.45) is 0 Å². The number of hydrogen-bond acceptors (Lipinski definition) is 6. The molecule has 0 saturated carbocycles. The number of anilines is 2. The number of hydrogen-bond donors (Lipinski definition) is 0. The first-order valence-electron chi connectivity index (χ1n) is 7.97. The van der Waals surface area contributed by atoms with E-state index in [0.717, 1.165) is 44.2 Å². The minimum absolute atomic E-state index is 0.224. The highest BCUT2D eigenvalue weighted by molar-refractivity contribution is 5.39. The highest BCUT2D eigenvalue weighted by atomic mass is 16.5.